The van der Waals surface area contributed by atoms with Crippen LogP contribution in [0, 0.1) is 0 Å². The Morgan fingerprint density at radius 3 is 2.67 bits per heavy atom. The third-order valence-corrected chi connectivity index (χ3v) is 2.53. The SMILES string of the molecule is CN(C)c1ncccc1-c1ccnc(C(N)=O)c1. The molecule has 0 spiro atoms. The Hall–Kier alpha value is -2.43. The van der Waals surface area contributed by atoms with Gasteiger partial charge in [-0.05, 0) is 29.8 Å². The minimum Gasteiger partial charge on any atom is -0.364 e. The number of nitrogens with two attached hydrogens (primary N) is 1. The van der Waals surface area contributed by atoms with E-state index in [1.165, 1.54) is 0 Å². The predicted octanol–water partition coefficient (Wildman–Crippen LogP) is 1.31. The Balaban J connectivity index is 2.55. The number of carbonyl (C=O) groups excluding carboxylic acids is 1. The molecule has 0 bridgehead atoms. The van der Waals surface area contributed by atoms with Gasteiger partial charge in [0.2, 0.25) is 0 Å². The number of anilines is 1. The number of pyridine rings is 2. The van der Waals surface area contributed by atoms with Crippen LogP contribution < -0.4 is 10.6 Å². The van der Waals surface area contributed by atoms with E-state index in [9.17, 15) is 4.79 Å². The summed E-state index contributed by atoms with van der Waals surface area (Å²) in [4.78, 5) is 21.3. The van der Waals surface area contributed by atoms with Crippen LogP contribution in [0.2, 0.25) is 0 Å². The molecule has 0 atom stereocenters. The third-order valence-electron chi connectivity index (χ3n) is 2.53. The number of amides is 1. The molecule has 0 saturated carbocycles. The summed E-state index contributed by atoms with van der Waals surface area (Å²) in [5.74, 6) is 0.297. The zero-order chi connectivity index (χ0) is 13.1. The standard InChI is InChI=1S/C13H14N4O/c1-17(2)13-10(4-3-6-16-13)9-5-7-15-11(8-9)12(14)18/h3-8H,1-2H3,(H2,14,18). The topological polar surface area (TPSA) is 72.1 Å². The number of hydrogen-bond acceptors (Lipinski definition) is 4. The summed E-state index contributed by atoms with van der Waals surface area (Å²) in [5.41, 5.74) is 7.29. The molecule has 2 heterocycles. The van der Waals surface area contributed by atoms with Gasteiger partial charge in [-0.1, -0.05) is 0 Å². The van der Waals surface area contributed by atoms with Crippen LogP contribution in [0.3, 0.4) is 0 Å². The molecule has 0 aliphatic heterocycles. The smallest absolute Gasteiger partial charge is 0.267 e. The van der Waals surface area contributed by atoms with E-state index in [1.807, 2.05) is 37.2 Å². The highest BCUT2D eigenvalue weighted by Gasteiger charge is 2.10. The van der Waals surface area contributed by atoms with Crippen molar-refractivity contribution in [2.75, 3.05) is 19.0 Å². The van der Waals surface area contributed by atoms with Crippen molar-refractivity contribution in [2.24, 2.45) is 5.73 Å². The first kappa shape index (κ1) is 12.0. The number of nitrogens with zero attached hydrogens (tertiary/aromatic N) is 3. The molecule has 2 N–H and O–H groups in total. The van der Waals surface area contributed by atoms with Crippen molar-refractivity contribution in [2.45, 2.75) is 0 Å². The molecule has 92 valence electrons. The largest absolute Gasteiger partial charge is 0.364 e. The van der Waals surface area contributed by atoms with Crippen molar-refractivity contribution in [1.82, 2.24) is 9.97 Å². The highest BCUT2D eigenvalue weighted by molar-refractivity contribution is 5.92. The number of aromatic nitrogens is 2. The van der Waals surface area contributed by atoms with Crippen LogP contribution in [0.1, 0.15) is 10.5 Å². The number of primary amides is 1. The lowest BCUT2D eigenvalue weighted by Gasteiger charge is -2.15. The molecule has 0 aromatic carbocycles. The fraction of sp³-hybridized carbons (Fsp3) is 0.154. The van der Waals surface area contributed by atoms with Gasteiger partial charge in [-0.2, -0.15) is 0 Å². The van der Waals surface area contributed by atoms with E-state index in [0.29, 0.717) is 0 Å². The van der Waals surface area contributed by atoms with Crippen LogP contribution in [0.4, 0.5) is 5.82 Å². The molecular weight excluding hydrogens is 228 g/mol. The van der Waals surface area contributed by atoms with E-state index in [1.54, 1.807) is 18.5 Å². The highest BCUT2D eigenvalue weighted by Crippen LogP contribution is 2.27. The fourth-order valence-electron chi connectivity index (χ4n) is 1.71. The highest BCUT2D eigenvalue weighted by atomic mass is 16.1. The average molecular weight is 242 g/mol. The second kappa shape index (κ2) is 4.83. The summed E-state index contributed by atoms with van der Waals surface area (Å²) in [6.45, 7) is 0. The van der Waals surface area contributed by atoms with Crippen molar-refractivity contribution in [3.05, 3.63) is 42.4 Å². The molecule has 0 fully saturated rings. The van der Waals surface area contributed by atoms with Gasteiger partial charge in [-0.25, -0.2) is 4.98 Å². The summed E-state index contributed by atoms with van der Waals surface area (Å²) < 4.78 is 0. The summed E-state index contributed by atoms with van der Waals surface area (Å²) in [6.07, 6.45) is 3.30. The van der Waals surface area contributed by atoms with Gasteiger partial charge in [0.1, 0.15) is 11.5 Å². The molecule has 0 saturated heterocycles. The normalized spacial score (nSPS) is 10.1. The first-order chi connectivity index (χ1) is 8.59. The van der Waals surface area contributed by atoms with Crippen molar-refractivity contribution < 1.29 is 4.79 Å². The van der Waals surface area contributed by atoms with Gasteiger partial charge >= 0.3 is 0 Å². The molecule has 0 aliphatic rings. The van der Waals surface area contributed by atoms with Crippen molar-refractivity contribution >= 4 is 11.7 Å². The van der Waals surface area contributed by atoms with Crippen molar-refractivity contribution in [3.8, 4) is 11.1 Å². The number of carbonyl (C=O) groups is 1. The average Bonchev–Trinajstić information content (AvgIpc) is 2.39. The minimum absolute atomic E-state index is 0.251. The quantitative estimate of drug-likeness (QED) is 0.880. The minimum atomic E-state index is -0.535. The molecule has 18 heavy (non-hydrogen) atoms. The molecular formula is C13H14N4O. The first-order valence-electron chi connectivity index (χ1n) is 5.48. The second-order valence-electron chi connectivity index (χ2n) is 4.06. The Kier molecular flexibility index (Phi) is 3.23. The lowest BCUT2D eigenvalue weighted by atomic mass is 10.1. The Labute approximate surface area is 105 Å². The molecule has 5 nitrogen and oxygen atoms in total. The first-order valence-corrected chi connectivity index (χ1v) is 5.48. The van der Waals surface area contributed by atoms with E-state index in [0.717, 1.165) is 16.9 Å². The Morgan fingerprint density at radius 1 is 1.22 bits per heavy atom. The molecule has 2 aromatic heterocycles. The van der Waals surface area contributed by atoms with Crippen LogP contribution in [0.25, 0.3) is 11.1 Å². The van der Waals surface area contributed by atoms with Crippen LogP contribution in [-0.4, -0.2) is 30.0 Å². The molecule has 2 aromatic rings. The summed E-state index contributed by atoms with van der Waals surface area (Å²) in [6, 6.07) is 7.30. The monoisotopic (exact) mass is 242 g/mol. The van der Waals surface area contributed by atoms with E-state index >= 15 is 0 Å². The van der Waals surface area contributed by atoms with Crippen LogP contribution in [0.5, 0.6) is 0 Å². The fourth-order valence-corrected chi connectivity index (χ4v) is 1.71. The second-order valence-corrected chi connectivity index (χ2v) is 4.06. The van der Waals surface area contributed by atoms with E-state index in [2.05, 4.69) is 9.97 Å². The predicted molar refractivity (Wildman–Crippen MR) is 70.3 cm³/mol. The van der Waals surface area contributed by atoms with Gasteiger partial charge in [0.15, 0.2) is 0 Å². The van der Waals surface area contributed by atoms with Gasteiger partial charge in [0, 0.05) is 32.1 Å². The lowest BCUT2D eigenvalue weighted by Crippen LogP contribution is -2.14. The van der Waals surface area contributed by atoms with Crippen LogP contribution >= 0.6 is 0 Å². The maximum atomic E-state index is 11.1. The van der Waals surface area contributed by atoms with E-state index in [-0.39, 0.29) is 5.69 Å². The third kappa shape index (κ3) is 2.29. The van der Waals surface area contributed by atoms with E-state index < -0.39 is 5.91 Å². The van der Waals surface area contributed by atoms with Gasteiger partial charge in [-0.3, -0.25) is 9.78 Å². The summed E-state index contributed by atoms with van der Waals surface area (Å²) >= 11 is 0. The zero-order valence-electron chi connectivity index (χ0n) is 10.3. The van der Waals surface area contributed by atoms with E-state index in [4.69, 9.17) is 5.73 Å². The lowest BCUT2D eigenvalue weighted by molar-refractivity contribution is 0.0995. The Bertz CT molecular complexity index is 581. The molecule has 0 unspecified atom stereocenters. The number of hydrogen-bond donors (Lipinski definition) is 1. The van der Waals surface area contributed by atoms with Crippen LogP contribution in [-0.2, 0) is 0 Å². The van der Waals surface area contributed by atoms with Crippen LogP contribution in [0.15, 0.2) is 36.7 Å². The van der Waals surface area contributed by atoms with Gasteiger partial charge < -0.3 is 10.6 Å². The molecule has 2 rings (SSSR count). The van der Waals surface area contributed by atoms with Crippen molar-refractivity contribution in [1.29, 1.82) is 0 Å². The molecule has 0 aliphatic carbocycles. The molecule has 1 amide bonds. The van der Waals surface area contributed by atoms with Crippen molar-refractivity contribution in [3.63, 3.8) is 0 Å². The zero-order valence-corrected chi connectivity index (χ0v) is 10.3. The summed E-state index contributed by atoms with van der Waals surface area (Å²) in [5, 5.41) is 0. The maximum Gasteiger partial charge on any atom is 0.267 e. The van der Waals surface area contributed by atoms with Gasteiger partial charge in [-0.15, -0.1) is 0 Å². The van der Waals surface area contributed by atoms with Gasteiger partial charge in [0.05, 0.1) is 0 Å². The van der Waals surface area contributed by atoms with Gasteiger partial charge in [0.25, 0.3) is 5.91 Å². The summed E-state index contributed by atoms with van der Waals surface area (Å²) in [7, 11) is 3.84. The Morgan fingerprint density at radius 2 is 2.00 bits per heavy atom. The number of rotatable bonds is 3. The molecule has 5 heteroatoms. The molecule has 0 radical (unpaired) electrons. The maximum absolute atomic E-state index is 11.1.